The Labute approximate surface area is 108 Å². The molecule has 0 saturated carbocycles. The van der Waals surface area contributed by atoms with Crippen LogP contribution < -0.4 is 10.1 Å². The number of rotatable bonds is 3. The van der Waals surface area contributed by atoms with Gasteiger partial charge in [-0.05, 0) is 25.1 Å². The van der Waals surface area contributed by atoms with E-state index in [2.05, 4.69) is 17.1 Å². The second-order valence-electron chi connectivity index (χ2n) is 4.48. The van der Waals surface area contributed by atoms with Crippen LogP contribution in [-0.4, -0.2) is 37.7 Å². The second kappa shape index (κ2) is 5.71. The number of halogens is 1. The van der Waals surface area contributed by atoms with E-state index in [0.717, 1.165) is 42.5 Å². The van der Waals surface area contributed by atoms with Crippen LogP contribution in [0.15, 0.2) is 18.2 Å². The average molecular weight is 255 g/mol. The summed E-state index contributed by atoms with van der Waals surface area (Å²) in [6.07, 6.45) is 0. The maximum Gasteiger partial charge on any atom is 0.123 e. The summed E-state index contributed by atoms with van der Waals surface area (Å²) in [5, 5.41) is 4.16. The summed E-state index contributed by atoms with van der Waals surface area (Å²) in [4.78, 5) is 2.45. The van der Waals surface area contributed by atoms with Crippen molar-refractivity contribution in [1.29, 1.82) is 0 Å². The van der Waals surface area contributed by atoms with Gasteiger partial charge in [-0.1, -0.05) is 11.6 Å². The van der Waals surface area contributed by atoms with E-state index in [1.165, 1.54) is 0 Å². The number of benzene rings is 1. The third kappa shape index (κ3) is 3.12. The first kappa shape index (κ1) is 12.7. The summed E-state index contributed by atoms with van der Waals surface area (Å²) < 4.78 is 5.38. The molecule has 1 N–H and O–H groups in total. The van der Waals surface area contributed by atoms with E-state index in [1.807, 2.05) is 18.2 Å². The van der Waals surface area contributed by atoms with Crippen LogP contribution >= 0.6 is 11.6 Å². The topological polar surface area (TPSA) is 24.5 Å². The van der Waals surface area contributed by atoms with Gasteiger partial charge in [-0.3, -0.25) is 4.90 Å². The molecule has 1 aromatic carbocycles. The predicted molar refractivity (Wildman–Crippen MR) is 70.7 cm³/mol. The van der Waals surface area contributed by atoms with Crippen molar-refractivity contribution in [3.63, 3.8) is 0 Å². The molecule has 1 fully saturated rings. The number of piperazine rings is 1. The first-order valence-electron chi connectivity index (χ1n) is 5.98. The van der Waals surface area contributed by atoms with Gasteiger partial charge in [-0.2, -0.15) is 0 Å². The van der Waals surface area contributed by atoms with Crippen LogP contribution in [0.1, 0.15) is 12.5 Å². The summed E-state index contributed by atoms with van der Waals surface area (Å²) in [6.45, 7) is 6.29. The molecule has 0 bridgehead atoms. The number of nitrogens with one attached hydrogen (secondary N) is 1. The van der Waals surface area contributed by atoms with Crippen LogP contribution in [0, 0.1) is 0 Å². The van der Waals surface area contributed by atoms with Gasteiger partial charge in [0.25, 0.3) is 0 Å². The quantitative estimate of drug-likeness (QED) is 0.895. The highest BCUT2D eigenvalue weighted by Gasteiger charge is 2.19. The molecule has 1 aromatic rings. The lowest BCUT2D eigenvalue weighted by Gasteiger charge is -2.34. The van der Waals surface area contributed by atoms with Gasteiger partial charge in [-0.25, -0.2) is 0 Å². The van der Waals surface area contributed by atoms with E-state index in [0.29, 0.717) is 6.04 Å². The fourth-order valence-electron chi connectivity index (χ4n) is 2.21. The van der Waals surface area contributed by atoms with Crippen molar-refractivity contribution >= 4 is 11.6 Å². The van der Waals surface area contributed by atoms with Gasteiger partial charge in [0.2, 0.25) is 0 Å². The van der Waals surface area contributed by atoms with Crippen LogP contribution in [0.2, 0.25) is 5.02 Å². The first-order chi connectivity index (χ1) is 8.20. The Bertz CT molecular complexity index is 384. The third-order valence-electron chi connectivity index (χ3n) is 3.25. The summed E-state index contributed by atoms with van der Waals surface area (Å²) in [7, 11) is 1.70. The van der Waals surface area contributed by atoms with E-state index in [9.17, 15) is 0 Å². The predicted octanol–water partition coefficient (Wildman–Crippen LogP) is 2.14. The van der Waals surface area contributed by atoms with Crippen molar-refractivity contribution in [2.45, 2.75) is 19.5 Å². The van der Waals surface area contributed by atoms with Crippen molar-refractivity contribution in [2.24, 2.45) is 0 Å². The van der Waals surface area contributed by atoms with Gasteiger partial charge in [-0.15, -0.1) is 0 Å². The number of hydrogen-bond donors (Lipinski definition) is 1. The molecule has 1 aliphatic rings. The number of ether oxygens (including phenoxy) is 1. The number of nitrogens with zero attached hydrogens (tertiary/aromatic N) is 1. The SMILES string of the molecule is COc1ccc(Cl)cc1CN1CCNC[C@@H]1C. The number of hydrogen-bond acceptors (Lipinski definition) is 3. The van der Waals surface area contributed by atoms with Gasteiger partial charge in [0.05, 0.1) is 7.11 Å². The minimum atomic E-state index is 0.549. The van der Waals surface area contributed by atoms with Crippen LogP contribution in [0.25, 0.3) is 0 Å². The van der Waals surface area contributed by atoms with E-state index < -0.39 is 0 Å². The molecule has 0 unspecified atom stereocenters. The normalized spacial score (nSPS) is 21.5. The van der Waals surface area contributed by atoms with E-state index >= 15 is 0 Å². The molecule has 17 heavy (non-hydrogen) atoms. The summed E-state index contributed by atoms with van der Waals surface area (Å²) in [5.74, 6) is 0.917. The van der Waals surface area contributed by atoms with Crippen LogP contribution in [0.3, 0.4) is 0 Å². The Hall–Kier alpha value is -0.770. The molecule has 0 aliphatic carbocycles. The molecule has 1 aliphatic heterocycles. The Morgan fingerprint density at radius 2 is 2.35 bits per heavy atom. The molecule has 4 heteroatoms. The zero-order valence-electron chi connectivity index (χ0n) is 10.4. The van der Waals surface area contributed by atoms with Crippen LogP contribution in [0.5, 0.6) is 5.75 Å². The molecule has 94 valence electrons. The largest absolute Gasteiger partial charge is 0.496 e. The zero-order chi connectivity index (χ0) is 12.3. The van der Waals surface area contributed by atoms with Crippen molar-refractivity contribution in [3.8, 4) is 5.75 Å². The van der Waals surface area contributed by atoms with Crippen LogP contribution in [-0.2, 0) is 6.54 Å². The van der Waals surface area contributed by atoms with Gasteiger partial charge < -0.3 is 10.1 Å². The minimum absolute atomic E-state index is 0.549. The van der Waals surface area contributed by atoms with Gasteiger partial charge in [0.1, 0.15) is 5.75 Å². The standard InChI is InChI=1S/C13H19ClN2O/c1-10-8-15-5-6-16(10)9-11-7-12(14)3-4-13(11)17-2/h3-4,7,10,15H,5-6,8-9H2,1-2H3/t10-/m0/s1. The maximum atomic E-state index is 6.04. The van der Waals surface area contributed by atoms with Gasteiger partial charge >= 0.3 is 0 Å². The maximum absolute atomic E-state index is 6.04. The van der Waals surface area contributed by atoms with E-state index in [4.69, 9.17) is 16.3 Å². The van der Waals surface area contributed by atoms with Crippen LogP contribution in [0.4, 0.5) is 0 Å². The highest BCUT2D eigenvalue weighted by molar-refractivity contribution is 6.30. The Morgan fingerprint density at radius 1 is 1.53 bits per heavy atom. The monoisotopic (exact) mass is 254 g/mol. The molecule has 0 aromatic heterocycles. The zero-order valence-corrected chi connectivity index (χ0v) is 11.1. The lowest BCUT2D eigenvalue weighted by molar-refractivity contribution is 0.164. The molecule has 0 radical (unpaired) electrons. The summed E-state index contributed by atoms with van der Waals surface area (Å²) >= 11 is 6.04. The minimum Gasteiger partial charge on any atom is -0.496 e. The molecule has 0 spiro atoms. The highest BCUT2D eigenvalue weighted by Crippen LogP contribution is 2.24. The molecule has 2 rings (SSSR count). The Kier molecular flexibility index (Phi) is 4.26. The van der Waals surface area contributed by atoms with E-state index in [1.54, 1.807) is 7.11 Å². The fourth-order valence-corrected chi connectivity index (χ4v) is 2.40. The fraction of sp³-hybridized carbons (Fsp3) is 0.538. The van der Waals surface area contributed by atoms with Gasteiger partial charge in [0, 0.05) is 42.8 Å². The van der Waals surface area contributed by atoms with E-state index in [-0.39, 0.29) is 0 Å². The second-order valence-corrected chi connectivity index (χ2v) is 4.92. The molecule has 1 saturated heterocycles. The third-order valence-corrected chi connectivity index (χ3v) is 3.49. The molecule has 1 heterocycles. The highest BCUT2D eigenvalue weighted by atomic mass is 35.5. The average Bonchev–Trinajstić information content (AvgIpc) is 2.32. The van der Waals surface area contributed by atoms with Crippen molar-refractivity contribution in [1.82, 2.24) is 10.2 Å². The summed E-state index contributed by atoms with van der Waals surface area (Å²) in [5.41, 5.74) is 1.16. The molecule has 3 nitrogen and oxygen atoms in total. The van der Waals surface area contributed by atoms with Crippen molar-refractivity contribution in [2.75, 3.05) is 26.7 Å². The molecule has 1 atom stereocenters. The summed E-state index contributed by atoms with van der Waals surface area (Å²) in [6, 6.07) is 6.34. The van der Waals surface area contributed by atoms with Gasteiger partial charge in [0.15, 0.2) is 0 Å². The van der Waals surface area contributed by atoms with Crippen molar-refractivity contribution in [3.05, 3.63) is 28.8 Å². The molecular weight excluding hydrogens is 236 g/mol. The van der Waals surface area contributed by atoms with Crippen molar-refractivity contribution < 1.29 is 4.74 Å². The molecule has 0 amide bonds. The lowest BCUT2D eigenvalue weighted by atomic mass is 10.1. The first-order valence-corrected chi connectivity index (χ1v) is 6.35. The lowest BCUT2D eigenvalue weighted by Crippen LogP contribution is -2.49. The molecular formula is C13H19ClN2O. The number of methoxy groups -OCH3 is 1. The Balaban J connectivity index is 2.13. The Morgan fingerprint density at radius 3 is 3.06 bits per heavy atom. The smallest absolute Gasteiger partial charge is 0.123 e.